The second-order valence-electron chi connectivity index (χ2n) is 4.74. The van der Waals surface area contributed by atoms with Crippen molar-refractivity contribution >= 4 is 5.97 Å². The van der Waals surface area contributed by atoms with E-state index in [1.807, 2.05) is 0 Å². The van der Waals surface area contributed by atoms with Crippen LogP contribution in [0.5, 0.6) is 0 Å². The Bertz CT molecular complexity index is 231. The van der Waals surface area contributed by atoms with Gasteiger partial charge in [-0.15, -0.1) is 0 Å². The van der Waals surface area contributed by atoms with Crippen LogP contribution < -0.4 is 5.32 Å². The third-order valence-electron chi connectivity index (χ3n) is 3.80. The first-order valence-electron chi connectivity index (χ1n) is 5.91. The molecule has 0 aromatic carbocycles. The van der Waals surface area contributed by atoms with Gasteiger partial charge >= 0.3 is 5.97 Å². The quantitative estimate of drug-likeness (QED) is 0.722. The number of aliphatic carboxylic acids is 1. The van der Waals surface area contributed by atoms with Crippen molar-refractivity contribution in [2.24, 2.45) is 0 Å². The summed E-state index contributed by atoms with van der Waals surface area (Å²) < 4.78 is 0. The highest BCUT2D eigenvalue weighted by atomic mass is 16.4. The summed E-state index contributed by atoms with van der Waals surface area (Å²) in [5, 5.41) is 12.3. The van der Waals surface area contributed by atoms with Gasteiger partial charge in [0.2, 0.25) is 0 Å². The van der Waals surface area contributed by atoms with Crippen molar-refractivity contribution in [2.45, 2.75) is 37.6 Å². The van der Waals surface area contributed by atoms with Gasteiger partial charge in [0.1, 0.15) is 0 Å². The van der Waals surface area contributed by atoms with Crippen LogP contribution in [0.2, 0.25) is 0 Å². The minimum atomic E-state index is -0.643. The number of nitrogens with one attached hydrogen (secondary N) is 1. The number of carboxylic acid groups (broad SMARTS) is 1. The maximum atomic E-state index is 11.0. The Labute approximate surface area is 90.6 Å². The topological polar surface area (TPSA) is 52.6 Å². The molecular weight excluding hydrogens is 192 g/mol. The number of hydrogen-bond acceptors (Lipinski definition) is 3. The maximum absolute atomic E-state index is 11.0. The third kappa shape index (κ3) is 2.32. The lowest BCUT2D eigenvalue weighted by Crippen LogP contribution is -2.55. The van der Waals surface area contributed by atoms with Crippen LogP contribution in [0.3, 0.4) is 0 Å². The maximum Gasteiger partial charge on any atom is 0.305 e. The predicted octanol–water partition coefficient (Wildman–Crippen LogP) is 0.679. The second kappa shape index (κ2) is 4.49. The zero-order valence-electron chi connectivity index (χ0n) is 9.17. The monoisotopic (exact) mass is 212 g/mol. The summed E-state index contributed by atoms with van der Waals surface area (Å²) >= 11 is 0. The third-order valence-corrected chi connectivity index (χ3v) is 3.80. The van der Waals surface area contributed by atoms with Gasteiger partial charge < -0.3 is 10.4 Å². The molecule has 2 rings (SSSR count). The Hall–Kier alpha value is -0.610. The number of carbonyl (C=O) groups is 1. The molecule has 2 aliphatic rings. The van der Waals surface area contributed by atoms with Gasteiger partial charge in [-0.2, -0.15) is 0 Å². The van der Waals surface area contributed by atoms with Crippen molar-refractivity contribution < 1.29 is 9.90 Å². The molecule has 0 bridgehead atoms. The molecule has 0 atom stereocenters. The van der Waals surface area contributed by atoms with Crippen molar-refractivity contribution in [2.75, 3.05) is 26.2 Å². The second-order valence-corrected chi connectivity index (χ2v) is 4.74. The van der Waals surface area contributed by atoms with Crippen LogP contribution in [0.1, 0.15) is 32.1 Å². The molecule has 0 amide bonds. The smallest absolute Gasteiger partial charge is 0.305 e. The average Bonchev–Trinajstić information content (AvgIpc) is 2.68. The van der Waals surface area contributed by atoms with E-state index in [1.54, 1.807) is 0 Å². The summed E-state index contributed by atoms with van der Waals surface area (Å²) in [6.45, 7) is 4.02. The first-order chi connectivity index (χ1) is 7.23. The van der Waals surface area contributed by atoms with E-state index in [0.29, 0.717) is 6.42 Å². The molecule has 1 aliphatic carbocycles. The van der Waals surface area contributed by atoms with Crippen LogP contribution in [0.25, 0.3) is 0 Å². The summed E-state index contributed by atoms with van der Waals surface area (Å²) in [4.78, 5) is 13.4. The van der Waals surface area contributed by atoms with E-state index in [2.05, 4.69) is 10.2 Å². The van der Waals surface area contributed by atoms with Gasteiger partial charge in [-0.25, -0.2) is 0 Å². The van der Waals surface area contributed by atoms with Crippen molar-refractivity contribution in [1.82, 2.24) is 10.2 Å². The van der Waals surface area contributed by atoms with Crippen LogP contribution in [0.15, 0.2) is 0 Å². The van der Waals surface area contributed by atoms with E-state index in [1.165, 1.54) is 12.8 Å². The fourth-order valence-corrected chi connectivity index (χ4v) is 3.06. The Balaban J connectivity index is 2.06. The number of piperazine rings is 1. The Morgan fingerprint density at radius 2 is 1.87 bits per heavy atom. The molecule has 2 fully saturated rings. The normalized spacial score (nSPS) is 26.7. The largest absolute Gasteiger partial charge is 0.481 e. The van der Waals surface area contributed by atoms with Gasteiger partial charge in [0, 0.05) is 31.7 Å². The van der Waals surface area contributed by atoms with Gasteiger partial charge in [-0.05, 0) is 12.8 Å². The van der Waals surface area contributed by atoms with E-state index in [4.69, 9.17) is 5.11 Å². The van der Waals surface area contributed by atoms with E-state index in [9.17, 15) is 4.79 Å². The van der Waals surface area contributed by atoms with Crippen molar-refractivity contribution in [3.05, 3.63) is 0 Å². The Morgan fingerprint density at radius 3 is 2.40 bits per heavy atom. The van der Waals surface area contributed by atoms with Crippen molar-refractivity contribution in [3.8, 4) is 0 Å². The van der Waals surface area contributed by atoms with E-state index in [0.717, 1.165) is 39.0 Å². The zero-order valence-corrected chi connectivity index (χ0v) is 9.17. The summed E-state index contributed by atoms with van der Waals surface area (Å²) in [7, 11) is 0. The van der Waals surface area contributed by atoms with Gasteiger partial charge in [0.05, 0.1) is 6.42 Å². The molecule has 4 heteroatoms. The van der Waals surface area contributed by atoms with E-state index < -0.39 is 5.97 Å². The molecule has 1 heterocycles. The highest BCUT2D eigenvalue weighted by Gasteiger charge is 2.41. The fraction of sp³-hybridized carbons (Fsp3) is 0.909. The summed E-state index contributed by atoms with van der Waals surface area (Å²) in [5.41, 5.74) is -0.0199. The number of hydrogen-bond donors (Lipinski definition) is 2. The van der Waals surface area contributed by atoms with Gasteiger partial charge in [0.25, 0.3) is 0 Å². The first kappa shape index (κ1) is 10.9. The van der Waals surface area contributed by atoms with Gasteiger partial charge in [0.15, 0.2) is 0 Å². The molecule has 0 radical (unpaired) electrons. The highest BCUT2D eigenvalue weighted by molar-refractivity contribution is 5.68. The number of carboxylic acids is 1. The molecule has 86 valence electrons. The molecule has 0 unspecified atom stereocenters. The molecular formula is C11H20N2O2. The fourth-order valence-electron chi connectivity index (χ4n) is 3.06. The van der Waals surface area contributed by atoms with Crippen LogP contribution in [0.4, 0.5) is 0 Å². The zero-order chi connectivity index (χ0) is 10.7. The van der Waals surface area contributed by atoms with E-state index in [-0.39, 0.29) is 5.54 Å². The molecule has 15 heavy (non-hydrogen) atoms. The van der Waals surface area contributed by atoms with Crippen molar-refractivity contribution in [1.29, 1.82) is 0 Å². The molecule has 0 aromatic rings. The number of nitrogens with zero attached hydrogens (tertiary/aromatic N) is 1. The van der Waals surface area contributed by atoms with Gasteiger partial charge in [-0.3, -0.25) is 9.69 Å². The summed E-state index contributed by atoms with van der Waals surface area (Å²) in [6.07, 6.45) is 4.85. The van der Waals surface area contributed by atoms with Gasteiger partial charge in [-0.1, -0.05) is 12.8 Å². The van der Waals surface area contributed by atoms with Crippen LogP contribution in [-0.2, 0) is 4.79 Å². The van der Waals surface area contributed by atoms with Crippen molar-refractivity contribution in [3.63, 3.8) is 0 Å². The molecule has 0 aromatic heterocycles. The average molecular weight is 212 g/mol. The van der Waals surface area contributed by atoms with Crippen LogP contribution in [-0.4, -0.2) is 47.7 Å². The van der Waals surface area contributed by atoms with Crippen LogP contribution in [0, 0.1) is 0 Å². The number of rotatable bonds is 3. The molecule has 0 spiro atoms. The highest BCUT2D eigenvalue weighted by Crippen LogP contribution is 2.38. The minimum absolute atomic E-state index is 0.0199. The van der Waals surface area contributed by atoms with Crippen LogP contribution >= 0.6 is 0 Å². The minimum Gasteiger partial charge on any atom is -0.481 e. The Kier molecular flexibility index (Phi) is 3.26. The molecule has 1 saturated heterocycles. The summed E-state index contributed by atoms with van der Waals surface area (Å²) in [5.74, 6) is -0.643. The molecule has 4 nitrogen and oxygen atoms in total. The lowest BCUT2D eigenvalue weighted by Gasteiger charge is -2.43. The Morgan fingerprint density at radius 1 is 1.27 bits per heavy atom. The molecule has 2 N–H and O–H groups in total. The first-order valence-corrected chi connectivity index (χ1v) is 5.91. The predicted molar refractivity (Wildman–Crippen MR) is 57.9 cm³/mol. The van der Waals surface area contributed by atoms with E-state index >= 15 is 0 Å². The lowest BCUT2D eigenvalue weighted by atomic mass is 9.90. The lowest BCUT2D eigenvalue weighted by molar-refractivity contribution is -0.140. The summed E-state index contributed by atoms with van der Waals surface area (Å²) in [6, 6.07) is 0. The standard InChI is InChI=1S/C11H20N2O2/c14-10(15)9-11(3-1-2-4-11)13-7-5-12-6-8-13/h12H,1-9H2,(H,14,15). The SMILES string of the molecule is O=C(O)CC1(N2CCNCC2)CCCC1. The molecule has 1 aliphatic heterocycles. The molecule has 1 saturated carbocycles.